The molecule has 1 heterocycles. The van der Waals surface area contributed by atoms with Crippen molar-refractivity contribution < 1.29 is 19.1 Å². The van der Waals surface area contributed by atoms with Crippen LogP contribution in [-0.2, 0) is 14.3 Å². The zero-order valence-corrected chi connectivity index (χ0v) is 10.9. The van der Waals surface area contributed by atoms with Crippen molar-refractivity contribution >= 4 is 11.9 Å². The second-order valence-corrected chi connectivity index (χ2v) is 5.33. The summed E-state index contributed by atoms with van der Waals surface area (Å²) in [4.78, 5) is 23.1. The topological polar surface area (TPSA) is 67.9 Å². The molecule has 0 spiro atoms. The molecular weight excluding hydrogens is 222 g/mol. The van der Waals surface area contributed by atoms with Crippen molar-refractivity contribution in [3.63, 3.8) is 0 Å². The van der Waals surface area contributed by atoms with Crippen LogP contribution in [0.15, 0.2) is 0 Å². The number of hydrogen-bond acceptors (Lipinski definition) is 4. The molecule has 0 radical (unpaired) electrons. The number of carbonyl (C=O) groups excluding carboxylic acids is 2. The standard InChI is InChI=1S/C12H21NO4/c1-8(10(14)6-5-9-7-16-9)13-11(15)17-12(2,3)4/h8-9H,5-7H2,1-4H3,(H,13,15)/t8-,9?/m1/s1. The normalized spacial score (nSPS) is 20.6. The number of ketones is 1. The lowest BCUT2D eigenvalue weighted by Crippen LogP contribution is -2.41. The van der Waals surface area contributed by atoms with E-state index < -0.39 is 17.7 Å². The van der Waals surface area contributed by atoms with Crippen LogP contribution < -0.4 is 5.32 Å². The molecule has 1 fully saturated rings. The van der Waals surface area contributed by atoms with Crippen molar-refractivity contribution in [3.05, 3.63) is 0 Å². The predicted octanol–water partition coefficient (Wildman–Crippen LogP) is 1.65. The lowest BCUT2D eigenvalue weighted by atomic mass is 10.1. The number of hydrogen-bond donors (Lipinski definition) is 1. The fourth-order valence-electron chi connectivity index (χ4n) is 1.32. The second-order valence-electron chi connectivity index (χ2n) is 5.33. The minimum atomic E-state index is -0.555. The Morgan fingerprint density at radius 2 is 2.06 bits per heavy atom. The summed E-state index contributed by atoms with van der Waals surface area (Å²) < 4.78 is 10.1. The average molecular weight is 243 g/mol. The summed E-state index contributed by atoms with van der Waals surface area (Å²) in [5, 5.41) is 2.53. The molecule has 1 saturated heterocycles. The first-order chi connectivity index (χ1) is 7.78. The van der Waals surface area contributed by atoms with Crippen LogP contribution in [0.1, 0.15) is 40.5 Å². The number of carbonyl (C=O) groups is 2. The van der Waals surface area contributed by atoms with Gasteiger partial charge in [-0.15, -0.1) is 0 Å². The molecule has 0 bridgehead atoms. The van der Waals surface area contributed by atoms with Gasteiger partial charge in [-0.1, -0.05) is 0 Å². The van der Waals surface area contributed by atoms with Crippen LogP contribution in [0.4, 0.5) is 4.79 Å². The zero-order chi connectivity index (χ0) is 13.1. The molecule has 0 aliphatic carbocycles. The van der Waals surface area contributed by atoms with E-state index in [1.54, 1.807) is 27.7 Å². The first-order valence-corrected chi connectivity index (χ1v) is 5.92. The SMILES string of the molecule is C[C@@H](NC(=O)OC(C)(C)C)C(=O)CCC1CO1. The summed E-state index contributed by atoms with van der Waals surface area (Å²) in [5.74, 6) is 0.00589. The smallest absolute Gasteiger partial charge is 0.408 e. The third-order valence-electron chi connectivity index (χ3n) is 2.33. The molecule has 1 aliphatic rings. The molecule has 1 unspecified atom stereocenters. The van der Waals surface area contributed by atoms with Gasteiger partial charge < -0.3 is 14.8 Å². The molecule has 1 rings (SSSR count). The maximum absolute atomic E-state index is 11.7. The third-order valence-corrected chi connectivity index (χ3v) is 2.33. The number of nitrogens with one attached hydrogen (secondary N) is 1. The van der Waals surface area contributed by atoms with Crippen molar-refractivity contribution in [1.82, 2.24) is 5.32 Å². The number of amides is 1. The van der Waals surface area contributed by atoms with Gasteiger partial charge in [0, 0.05) is 6.42 Å². The van der Waals surface area contributed by atoms with Gasteiger partial charge in [-0.3, -0.25) is 4.79 Å². The number of ether oxygens (including phenoxy) is 2. The van der Waals surface area contributed by atoms with Crippen molar-refractivity contribution in [1.29, 1.82) is 0 Å². The van der Waals surface area contributed by atoms with Gasteiger partial charge in [0.25, 0.3) is 0 Å². The molecule has 1 amide bonds. The number of alkyl carbamates (subject to hydrolysis) is 1. The highest BCUT2D eigenvalue weighted by Crippen LogP contribution is 2.16. The molecular formula is C12H21NO4. The first kappa shape index (κ1) is 14.0. The third kappa shape index (κ3) is 6.26. The Morgan fingerprint density at radius 1 is 1.47 bits per heavy atom. The highest BCUT2D eigenvalue weighted by molar-refractivity contribution is 5.87. The summed E-state index contributed by atoms with van der Waals surface area (Å²) in [6.07, 6.45) is 0.856. The summed E-state index contributed by atoms with van der Waals surface area (Å²) in [7, 11) is 0. The average Bonchev–Trinajstić information content (AvgIpc) is 2.93. The Labute approximate surface area is 102 Å². The van der Waals surface area contributed by atoms with E-state index >= 15 is 0 Å². The van der Waals surface area contributed by atoms with Crippen LogP contribution in [0.25, 0.3) is 0 Å². The van der Waals surface area contributed by atoms with E-state index in [4.69, 9.17) is 9.47 Å². The van der Waals surface area contributed by atoms with Crippen molar-refractivity contribution in [2.45, 2.75) is 58.3 Å². The molecule has 5 nitrogen and oxygen atoms in total. The van der Waals surface area contributed by atoms with Crippen LogP contribution in [0, 0.1) is 0 Å². The Balaban J connectivity index is 2.23. The zero-order valence-electron chi connectivity index (χ0n) is 10.9. The minimum Gasteiger partial charge on any atom is -0.444 e. The molecule has 1 aliphatic heterocycles. The van der Waals surface area contributed by atoms with Gasteiger partial charge in [0.2, 0.25) is 0 Å². The lowest BCUT2D eigenvalue weighted by molar-refractivity contribution is -0.120. The number of rotatable bonds is 5. The Morgan fingerprint density at radius 3 is 2.53 bits per heavy atom. The van der Waals surface area contributed by atoms with E-state index in [-0.39, 0.29) is 11.9 Å². The highest BCUT2D eigenvalue weighted by atomic mass is 16.6. The quantitative estimate of drug-likeness (QED) is 0.745. The maximum atomic E-state index is 11.7. The van der Waals surface area contributed by atoms with Gasteiger partial charge >= 0.3 is 6.09 Å². The Hall–Kier alpha value is -1.10. The van der Waals surface area contributed by atoms with Crippen LogP contribution in [0.5, 0.6) is 0 Å². The van der Waals surface area contributed by atoms with Gasteiger partial charge in [0.05, 0.1) is 18.8 Å². The molecule has 5 heteroatoms. The van der Waals surface area contributed by atoms with Crippen LogP contribution in [0.2, 0.25) is 0 Å². The van der Waals surface area contributed by atoms with E-state index in [9.17, 15) is 9.59 Å². The van der Waals surface area contributed by atoms with Gasteiger partial charge in [-0.25, -0.2) is 4.79 Å². The molecule has 0 aromatic carbocycles. The Bertz CT molecular complexity index is 291. The number of Topliss-reactive ketones (excluding diaryl/α,β-unsaturated/α-hetero) is 1. The molecule has 0 aromatic rings. The monoisotopic (exact) mass is 243 g/mol. The van der Waals surface area contributed by atoms with E-state index in [2.05, 4.69) is 5.32 Å². The predicted molar refractivity (Wildman–Crippen MR) is 62.8 cm³/mol. The molecule has 1 N–H and O–H groups in total. The molecule has 0 saturated carbocycles. The van der Waals surface area contributed by atoms with Gasteiger partial charge in [0.1, 0.15) is 5.60 Å². The van der Waals surface area contributed by atoms with Crippen molar-refractivity contribution in [3.8, 4) is 0 Å². The first-order valence-electron chi connectivity index (χ1n) is 5.92. The highest BCUT2D eigenvalue weighted by Gasteiger charge is 2.25. The lowest BCUT2D eigenvalue weighted by Gasteiger charge is -2.21. The molecule has 98 valence electrons. The van der Waals surface area contributed by atoms with Gasteiger partial charge in [-0.2, -0.15) is 0 Å². The summed E-state index contributed by atoms with van der Waals surface area (Å²) >= 11 is 0. The van der Waals surface area contributed by atoms with Crippen LogP contribution >= 0.6 is 0 Å². The van der Waals surface area contributed by atoms with Crippen molar-refractivity contribution in [2.75, 3.05) is 6.61 Å². The van der Waals surface area contributed by atoms with Gasteiger partial charge in [-0.05, 0) is 34.1 Å². The Kier molecular flexibility index (Phi) is 4.51. The fourth-order valence-corrected chi connectivity index (χ4v) is 1.32. The van der Waals surface area contributed by atoms with Crippen LogP contribution in [-0.4, -0.2) is 36.2 Å². The molecule has 2 atom stereocenters. The fraction of sp³-hybridized carbons (Fsp3) is 0.833. The van der Waals surface area contributed by atoms with E-state index in [1.807, 2.05) is 0 Å². The summed E-state index contributed by atoms with van der Waals surface area (Å²) in [5.41, 5.74) is -0.547. The molecule has 0 aromatic heterocycles. The minimum absolute atomic E-state index is 0.00589. The van der Waals surface area contributed by atoms with E-state index in [0.29, 0.717) is 6.42 Å². The van der Waals surface area contributed by atoms with E-state index in [0.717, 1.165) is 13.0 Å². The molecule has 17 heavy (non-hydrogen) atoms. The largest absolute Gasteiger partial charge is 0.444 e. The number of epoxide rings is 1. The van der Waals surface area contributed by atoms with Gasteiger partial charge in [0.15, 0.2) is 5.78 Å². The van der Waals surface area contributed by atoms with E-state index in [1.165, 1.54) is 0 Å². The summed E-state index contributed by atoms with van der Waals surface area (Å²) in [6, 6.07) is -0.511. The summed E-state index contributed by atoms with van der Waals surface area (Å²) in [6.45, 7) is 7.76. The second kappa shape index (κ2) is 5.49. The van der Waals surface area contributed by atoms with Crippen molar-refractivity contribution in [2.24, 2.45) is 0 Å². The maximum Gasteiger partial charge on any atom is 0.408 e. The van der Waals surface area contributed by atoms with Crippen LogP contribution in [0.3, 0.4) is 0 Å².